The van der Waals surface area contributed by atoms with E-state index < -0.39 is 17.5 Å². The number of nitrogens with one attached hydrogen (secondary N) is 1. The quantitative estimate of drug-likeness (QED) is 0.231. The van der Waals surface area contributed by atoms with Crippen LogP contribution in [0.25, 0.3) is 0 Å². The Kier molecular flexibility index (Phi) is 7.68. The molecule has 2 rings (SSSR count). The van der Waals surface area contributed by atoms with Crippen molar-refractivity contribution in [2.75, 3.05) is 42.4 Å². The first kappa shape index (κ1) is 21.5. The van der Waals surface area contributed by atoms with Crippen LogP contribution in [0.4, 0.5) is 15.8 Å². The summed E-state index contributed by atoms with van der Waals surface area (Å²) in [4.78, 5) is 37.7. The molecule has 0 unspecified atom stereocenters. The Hall–Kier alpha value is -2.75. The molecule has 152 valence electrons. The van der Waals surface area contributed by atoms with Crippen LogP contribution in [0.15, 0.2) is 29.2 Å². The van der Waals surface area contributed by atoms with E-state index in [1.54, 1.807) is 17.9 Å². The van der Waals surface area contributed by atoms with Crippen molar-refractivity contribution >= 4 is 41.2 Å². The Morgan fingerprint density at radius 1 is 1.29 bits per heavy atom. The molecule has 0 atom stereocenters. The fourth-order valence-corrected chi connectivity index (χ4v) is 3.27. The Morgan fingerprint density at radius 2 is 1.96 bits per heavy atom. The number of carbonyl (C=O) groups is 3. The second-order valence-corrected chi connectivity index (χ2v) is 6.61. The summed E-state index contributed by atoms with van der Waals surface area (Å²) in [5.74, 6) is -2.71. The van der Waals surface area contributed by atoms with Crippen molar-refractivity contribution in [1.29, 1.82) is 0 Å². The highest BCUT2D eigenvalue weighted by Crippen LogP contribution is 2.26. The monoisotopic (exact) mass is 411 g/mol. The molecule has 8 nitrogen and oxygen atoms in total. The maximum Gasteiger partial charge on any atom is 0.346 e. The number of carbonyl (C=O) groups excluding carboxylic acids is 2. The largest absolute Gasteiger partial charge is 0.477 e. The predicted molar refractivity (Wildman–Crippen MR) is 104 cm³/mol. The third-order valence-corrected chi connectivity index (χ3v) is 4.80. The van der Waals surface area contributed by atoms with E-state index >= 15 is 0 Å². The number of nitrogens with zero attached hydrogens (tertiary/aromatic N) is 2. The zero-order valence-corrected chi connectivity index (χ0v) is 16.4. The van der Waals surface area contributed by atoms with Gasteiger partial charge in [-0.15, -0.1) is 0 Å². The van der Waals surface area contributed by atoms with Crippen molar-refractivity contribution in [3.8, 4) is 0 Å². The fraction of sp³-hybridized carbons (Fsp3) is 0.389. The minimum Gasteiger partial charge on any atom is -0.477 e. The number of rotatable bonds is 7. The third kappa shape index (κ3) is 5.62. The molecule has 0 spiro atoms. The SMILES string of the molecule is CCOC(=O)C(=CSNc1ccc(F)c(N2CCN(C(C)=O)CC2)c1)C(=O)O. The Balaban J connectivity index is 2.05. The van der Waals surface area contributed by atoms with E-state index in [0.717, 1.165) is 17.4 Å². The van der Waals surface area contributed by atoms with Gasteiger partial charge in [0.05, 0.1) is 12.3 Å². The van der Waals surface area contributed by atoms with E-state index in [4.69, 9.17) is 9.84 Å². The van der Waals surface area contributed by atoms with Gasteiger partial charge < -0.3 is 24.4 Å². The number of carboxylic acid groups (broad SMARTS) is 1. The molecule has 1 saturated heterocycles. The van der Waals surface area contributed by atoms with Gasteiger partial charge in [-0.1, -0.05) is 0 Å². The minimum absolute atomic E-state index is 0.00504. The normalized spacial score (nSPS) is 14.6. The Labute approximate surface area is 166 Å². The molecule has 2 N–H and O–H groups in total. The van der Waals surface area contributed by atoms with Gasteiger partial charge in [0.15, 0.2) is 5.57 Å². The van der Waals surface area contributed by atoms with Crippen LogP contribution < -0.4 is 9.62 Å². The lowest BCUT2D eigenvalue weighted by atomic mass is 10.2. The van der Waals surface area contributed by atoms with E-state index in [1.807, 2.05) is 4.90 Å². The Morgan fingerprint density at radius 3 is 2.54 bits per heavy atom. The number of esters is 1. The molecular weight excluding hydrogens is 389 g/mol. The first-order valence-corrected chi connectivity index (χ1v) is 9.53. The smallest absolute Gasteiger partial charge is 0.346 e. The number of hydrogen-bond donors (Lipinski definition) is 2. The summed E-state index contributed by atoms with van der Waals surface area (Å²) in [6, 6.07) is 4.42. The zero-order chi connectivity index (χ0) is 20.7. The van der Waals surface area contributed by atoms with E-state index in [1.165, 1.54) is 19.1 Å². The average molecular weight is 411 g/mol. The van der Waals surface area contributed by atoms with Gasteiger partial charge in [-0.2, -0.15) is 0 Å². The van der Waals surface area contributed by atoms with Crippen LogP contribution in [0.2, 0.25) is 0 Å². The molecule has 1 aliphatic rings. The molecule has 1 fully saturated rings. The molecule has 1 aliphatic heterocycles. The molecular formula is C18H22FN3O5S. The summed E-state index contributed by atoms with van der Waals surface area (Å²) >= 11 is 0.875. The number of amides is 1. The molecule has 0 saturated carbocycles. The summed E-state index contributed by atoms with van der Waals surface area (Å²) in [6.07, 6.45) is 0. The van der Waals surface area contributed by atoms with Gasteiger partial charge in [-0.3, -0.25) is 4.79 Å². The van der Waals surface area contributed by atoms with Gasteiger partial charge in [0.2, 0.25) is 5.91 Å². The van der Waals surface area contributed by atoms with Crippen LogP contribution in [0.3, 0.4) is 0 Å². The summed E-state index contributed by atoms with van der Waals surface area (Å²) in [7, 11) is 0. The summed E-state index contributed by atoms with van der Waals surface area (Å²) in [5, 5.41) is 10.2. The highest BCUT2D eigenvalue weighted by Gasteiger charge is 2.21. The summed E-state index contributed by atoms with van der Waals surface area (Å²) in [6.45, 7) is 5.22. The number of hydrogen-bond acceptors (Lipinski definition) is 7. The van der Waals surface area contributed by atoms with Crippen molar-refractivity contribution in [2.45, 2.75) is 13.8 Å². The molecule has 28 heavy (non-hydrogen) atoms. The molecule has 1 heterocycles. The van der Waals surface area contributed by atoms with E-state index in [9.17, 15) is 18.8 Å². The van der Waals surface area contributed by atoms with E-state index in [2.05, 4.69) is 4.72 Å². The number of benzene rings is 1. The van der Waals surface area contributed by atoms with Crippen molar-refractivity contribution in [3.63, 3.8) is 0 Å². The lowest BCUT2D eigenvalue weighted by Crippen LogP contribution is -2.48. The average Bonchev–Trinajstić information content (AvgIpc) is 2.66. The lowest BCUT2D eigenvalue weighted by Gasteiger charge is -2.35. The van der Waals surface area contributed by atoms with E-state index in [-0.39, 0.29) is 18.3 Å². The van der Waals surface area contributed by atoms with Crippen LogP contribution in [0, 0.1) is 5.82 Å². The fourth-order valence-electron chi connectivity index (χ4n) is 2.63. The van der Waals surface area contributed by atoms with Gasteiger partial charge in [0.25, 0.3) is 0 Å². The number of aliphatic carboxylic acids is 1. The molecule has 0 radical (unpaired) electrons. The van der Waals surface area contributed by atoms with Crippen LogP contribution in [-0.2, 0) is 19.1 Å². The highest BCUT2D eigenvalue weighted by molar-refractivity contribution is 8.03. The van der Waals surface area contributed by atoms with Gasteiger partial charge in [-0.05, 0) is 37.1 Å². The number of halogens is 1. The number of anilines is 2. The van der Waals surface area contributed by atoms with Crippen LogP contribution in [-0.4, -0.2) is 60.6 Å². The van der Waals surface area contributed by atoms with Gasteiger partial charge >= 0.3 is 11.9 Å². The van der Waals surface area contributed by atoms with Gasteiger partial charge in [0, 0.05) is 44.2 Å². The molecule has 1 aromatic carbocycles. The summed E-state index contributed by atoms with van der Waals surface area (Å²) in [5.41, 5.74) is 0.434. The molecule has 1 aromatic rings. The topological polar surface area (TPSA) is 99.2 Å². The summed E-state index contributed by atoms with van der Waals surface area (Å²) < 4.78 is 21.8. The number of carboxylic acids is 1. The van der Waals surface area contributed by atoms with Crippen molar-refractivity contribution in [1.82, 2.24) is 4.90 Å². The second-order valence-electron chi connectivity index (χ2n) is 5.94. The molecule has 0 bridgehead atoms. The molecule has 10 heteroatoms. The van der Waals surface area contributed by atoms with Crippen molar-refractivity contribution < 1.29 is 28.6 Å². The van der Waals surface area contributed by atoms with Crippen molar-refractivity contribution in [2.24, 2.45) is 0 Å². The second kappa shape index (κ2) is 9.98. The lowest BCUT2D eigenvalue weighted by molar-refractivity contribution is -0.143. The third-order valence-electron chi connectivity index (χ3n) is 4.09. The molecule has 0 aromatic heterocycles. The first-order valence-electron chi connectivity index (χ1n) is 8.65. The first-order chi connectivity index (χ1) is 13.3. The number of ether oxygens (including phenoxy) is 1. The van der Waals surface area contributed by atoms with Crippen LogP contribution in [0.1, 0.15) is 13.8 Å². The maximum atomic E-state index is 14.2. The van der Waals surface area contributed by atoms with Crippen LogP contribution >= 0.6 is 11.9 Å². The predicted octanol–water partition coefficient (Wildman–Crippen LogP) is 2.09. The van der Waals surface area contributed by atoms with Gasteiger partial charge in [-0.25, -0.2) is 14.0 Å². The molecule has 0 aliphatic carbocycles. The Bertz CT molecular complexity index is 778. The maximum absolute atomic E-state index is 14.2. The van der Waals surface area contributed by atoms with Crippen molar-refractivity contribution in [3.05, 3.63) is 35.0 Å². The molecule has 1 amide bonds. The standard InChI is InChI=1S/C18H22FN3O5S/c1-3-27-18(26)14(17(24)25)11-28-20-13-4-5-15(19)16(10-13)22-8-6-21(7-9-22)12(2)23/h4-5,10-11,20H,3,6-9H2,1-2H3,(H,24,25). The highest BCUT2D eigenvalue weighted by atomic mass is 32.2. The zero-order valence-electron chi connectivity index (χ0n) is 15.6. The number of piperazine rings is 1. The van der Waals surface area contributed by atoms with E-state index in [0.29, 0.717) is 37.6 Å². The van der Waals surface area contributed by atoms with Crippen LogP contribution in [0.5, 0.6) is 0 Å². The minimum atomic E-state index is -1.39. The van der Waals surface area contributed by atoms with Gasteiger partial charge in [0.1, 0.15) is 5.82 Å².